The molecular formula is C27H35ClN4OS. The summed E-state index contributed by atoms with van der Waals surface area (Å²) >= 11 is 7.60. The maximum atomic E-state index is 12.9. The van der Waals surface area contributed by atoms with Gasteiger partial charge in [0, 0.05) is 42.6 Å². The standard InChI is InChI=1S/C27H35ClN4OS/c1-4-27(2,3)20-7-10-22-23(16-29)26(34-24(22)15-20)30-25(33)18-32-13-11-31(12-14-32)17-19-5-8-21(28)9-6-19/h5-6,8-9,20H,4,7,10-15,17-18H2,1-3H3,(H,30,33). The van der Waals surface area contributed by atoms with Crippen LogP contribution in [0.25, 0.3) is 0 Å². The van der Waals surface area contributed by atoms with Crippen molar-refractivity contribution in [3.8, 4) is 6.07 Å². The highest BCUT2D eigenvalue weighted by molar-refractivity contribution is 7.16. The molecule has 1 fully saturated rings. The van der Waals surface area contributed by atoms with Gasteiger partial charge < -0.3 is 5.32 Å². The summed E-state index contributed by atoms with van der Waals surface area (Å²) in [6, 6.07) is 10.4. The van der Waals surface area contributed by atoms with E-state index < -0.39 is 0 Å². The van der Waals surface area contributed by atoms with E-state index in [2.05, 4.69) is 54.1 Å². The van der Waals surface area contributed by atoms with Gasteiger partial charge in [0.1, 0.15) is 11.1 Å². The van der Waals surface area contributed by atoms with Gasteiger partial charge in [-0.3, -0.25) is 14.6 Å². The highest BCUT2D eigenvalue weighted by atomic mass is 35.5. The van der Waals surface area contributed by atoms with Crippen molar-refractivity contribution in [2.75, 3.05) is 38.0 Å². The smallest absolute Gasteiger partial charge is 0.239 e. The molecule has 1 atom stereocenters. The van der Waals surface area contributed by atoms with E-state index in [9.17, 15) is 10.1 Å². The predicted molar refractivity (Wildman–Crippen MR) is 140 cm³/mol. The van der Waals surface area contributed by atoms with Crippen LogP contribution in [0.15, 0.2) is 24.3 Å². The van der Waals surface area contributed by atoms with Crippen LogP contribution in [0.2, 0.25) is 5.02 Å². The Morgan fingerprint density at radius 3 is 2.53 bits per heavy atom. The minimum absolute atomic E-state index is 0.0216. The van der Waals surface area contributed by atoms with Crippen molar-refractivity contribution in [3.05, 3.63) is 50.9 Å². The number of nitriles is 1. The third-order valence-corrected chi connectivity index (χ3v) is 9.22. The fourth-order valence-electron chi connectivity index (χ4n) is 5.07. The third kappa shape index (κ3) is 5.83. The van der Waals surface area contributed by atoms with E-state index >= 15 is 0 Å². The molecule has 1 saturated heterocycles. The number of carbonyl (C=O) groups is 1. The third-order valence-electron chi connectivity index (χ3n) is 7.80. The molecule has 7 heteroatoms. The van der Waals surface area contributed by atoms with Crippen LogP contribution in [-0.2, 0) is 24.2 Å². The highest BCUT2D eigenvalue weighted by Gasteiger charge is 2.34. The Kier molecular flexibility index (Phi) is 7.99. The van der Waals surface area contributed by atoms with Crippen LogP contribution < -0.4 is 5.32 Å². The van der Waals surface area contributed by atoms with Crippen molar-refractivity contribution < 1.29 is 4.79 Å². The number of anilines is 1. The number of amides is 1. The van der Waals surface area contributed by atoms with Crippen LogP contribution in [-0.4, -0.2) is 48.4 Å². The zero-order chi connectivity index (χ0) is 24.3. The maximum absolute atomic E-state index is 12.9. The summed E-state index contributed by atoms with van der Waals surface area (Å²) in [7, 11) is 0. The molecule has 4 rings (SSSR count). The van der Waals surface area contributed by atoms with Gasteiger partial charge in [0.25, 0.3) is 0 Å². The second-order valence-corrected chi connectivity index (χ2v) is 11.9. The van der Waals surface area contributed by atoms with Gasteiger partial charge in [0.05, 0.1) is 12.1 Å². The zero-order valence-electron chi connectivity index (χ0n) is 20.5. The van der Waals surface area contributed by atoms with E-state index in [1.165, 1.54) is 16.0 Å². The van der Waals surface area contributed by atoms with Gasteiger partial charge in [-0.25, -0.2) is 0 Å². The second kappa shape index (κ2) is 10.8. The number of rotatable bonds is 7. The van der Waals surface area contributed by atoms with Crippen molar-refractivity contribution in [2.24, 2.45) is 11.3 Å². The molecule has 0 spiro atoms. The molecule has 2 heterocycles. The number of piperazine rings is 1. The fraction of sp³-hybridized carbons (Fsp3) is 0.556. The summed E-state index contributed by atoms with van der Waals surface area (Å²) in [5.41, 5.74) is 3.41. The quantitative estimate of drug-likeness (QED) is 0.542. The molecule has 1 unspecified atom stereocenters. The van der Waals surface area contributed by atoms with Gasteiger partial charge in [0.15, 0.2) is 0 Å². The molecule has 1 amide bonds. The average molecular weight is 499 g/mol. The largest absolute Gasteiger partial charge is 0.315 e. The number of halogens is 1. The van der Waals surface area contributed by atoms with E-state index in [1.807, 2.05) is 12.1 Å². The SMILES string of the molecule is CCC(C)(C)C1CCc2c(sc(NC(=O)CN3CCN(Cc4ccc(Cl)cc4)CC3)c2C#N)C1. The Bertz CT molecular complexity index is 1050. The lowest BCUT2D eigenvalue weighted by Gasteiger charge is -2.36. The lowest BCUT2D eigenvalue weighted by atomic mass is 9.69. The van der Waals surface area contributed by atoms with E-state index in [0.29, 0.717) is 23.4 Å². The van der Waals surface area contributed by atoms with E-state index in [1.54, 1.807) is 11.3 Å². The van der Waals surface area contributed by atoms with Crippen LogP contribution >= 0.6 is 22.9 Å². The molecule has 34 heavy (non-hydrogen) atoms. The first-order chi connectivity index (χ1) is 16.3. The van der Waals surface area contributed by atoms with Gasteiger partial charge in [0.2, 0.25) is 5.91 Å². The van der Waals surface area contributed by atoms with Crippen LogP contribution in [0.3, 0.4) is 0 Å². The summed E-state index contributed by atoms with van der Waals surface area (Å²) in [6.07, 6.45) is 4.22. The highest BCUT2D eigenvalue weighted by Crippen LogP contribution is 2.45. The summed E-state index contributed by atoms with van der Waals surface area (Å²) in [6.45, 7) is 11.8. The van der Waals surface area contributed by atoms with Gasteiger partial charge in [-0.05, 0) is 53.9 Å². The number of fused-ring (bicyclic) bond motifs is 1. The normalized spacial score (nSPS) is 19.4. The predicted octanol–water partition coefficient (Wildman–Crippen LogP) is 5.57. The second-order valence-electron chi connectivity index (χ2n) is 10.3. The fourth-order valence-corrected chi connectivity index (χ4v) is 6.49. The maximum Gasteiger partial charge on any atom is 0.239 e. The Balaban J connectivity index is 1.31. The van der Waals surface area contributed by atoms with Gasteiger partial charge >= 0.3 is 0 Å². The van der Waals surface area contributed by atoms with Crippen LogP contribution in [0.1, 0.15) is 55.2 Å². The van der Waals surface area contributed by atoms with Crippen molar-refractivity contribution in [1.82, 2.24) is 9.80 Å². The first kappa shape index (κ1) is 25.2. The topological polar surface area (TPSA) is 59.4 Å². The Hall–Kier alpha value is -1.91. The Morgan fingerprint density at radius 1 is 1.21 bits per heavy atom. The van der Waals surface area contributed by atoms with Gasteiger partial charge in [-0.1, -0.05) is 50.9 Å². The van der Waals surface area contributed by atoms with Crippen molar-refractivity contribution >= 4 is 33.8 Å². The lowest BCUT2D eigenvalue weighted by Crippen LogP contribution is -2.48. The van der Waals surface area contributed by atoms with E-state index in [4.69, 9.17) is 11.6 Å². The van der Waals surface area contributed by atoms with Crippen LogP contribution in [0.5, 0.6) is 0 Å². The summed E-state index contributed by atoms with van der Waals surface area (Å²) in [5.74, 6) is 0.606. The lowest BCUT2D eigenvalue weighted by molar-refractivity contribution is -0.117. The van der Waals surface area contributed by atoms with Crippen molar-refractivity contribution in [3.63, 3.8) is 0 Å². The number of hydrogen-bond donors (Lipinski definition) is 1. The minimum atomic E-state index is -0.0216. The summed E-state index contributed by atoms with van der Waals surface area (Å²) in [4.78, 5) is 18.8. The van der Waals surface area contributed by atoms with Crippen molar-refractivity contribution in [1.29, 1.82) is 5.26 Å². The first-order valence-electron chi connectivity index (χ1n) is 12.3. The number of thiophene rings is 1. The molecule has 5 nitrogen and oxygen atoms in total. The summed E-state index contributed by atoms with van der Waals surface area (Å²) in [5, 5.41) is 14.4. The molecule has 0 bridgehead atoms. The Morgan fingerprint density at radius 2 is 1.88 bits per heavy atom. The van der Waals surface area contributed by atoms with Crippen molar-refractivity contribution in [2.45, 2.75) is 53.0 Å². The number of benzene rings is 1. The Labute approximate surface area is 212 Å². The zero-order valence-corrected chi connectivity index (χ0v) is 22.1. The molecular weight excluding hydrogens is 464 g/mol. The molecule has 2 aliphatic rings. The van der Waals surface area contributed by atoms with Crippen LogP contribution in [0.4, 0.5) is 5.00 Å². The number of carbonyl (C=O) groups excluding carboxylic acids is 1. The molecule has 1 aromatic heterocycles. The molecule has 0 saturated carbocycles. The monoisotopic (exact) mass is 498 g/mol. The molecule has 182 valence electrons. The molecule has 1 aliphatic heterocycles. The molecule has 1 N–H and O–H groups in total. The number of hydrogen-bond acceptors (Lipinski definition) is 5. The molecule has 1 aromatic carbocycles. The van der Waals surface area contributed by atoms with Crippen LogP contribution in [0, 0.1) is 22.7 Å². The van der Waals surface area contributed by atoms with Gasteiger partial charge in [-0.15, -0.1) is 11.3 Å². The first-order valence-corrected chi connectivity index (χ1v) is 13.5. The minimum Gasteiger partial charge on any atom is -0.315 e. The molecule has 2 aromatic rings. The van der Waals surface area contributed by atoms with E-state index in [-0.39, 0.29) is 5.91 Å². The average Bonchev–Trinajstić information content (AvgIpc) is 3.17. The van der Waals surface area contributed by atoms with E-state index in [0.717, 1.165) is 68.4 Å². The van der Waals surface area contributed by atoms with Gasteiger partial charge in [-0.2, -0.15) is 5.26 Å². The number of nitrogens with zero attached hydrogens (tertiary/aromatic N) is 3. The molecule has 1 aliphatic carbocycles. The number of nitrogens with one attached hydrogen (secondary N) is 1. The molecule has 0 radical (unpaired) electrons. The summed E-state index contributed by atoms with van der Waals surface area (Å²) < 4.78 is 0.